The minimum atomic E-state index is -0.457. The second kappa shape index (κ2) is 7.66. The van der Waals surface area contributed by atoms with E-state index in [1.807, 2.05) is 45.9 Å². The summed E-state index contributed by atoms with van der Waals surface area (Å²) in [4.78, 5) is 43.1. The molecule has 1 aromatic carbocycles. The summed E-state index contributed by atoms with van der Waals surface area (Å²) < 4.78 is 1.88. The van der Waals surface area contributed by atoms with Gasteiger partial charge in [0, 0.05) is 49.4 Å². The molecule has 2 aromatic rings. The fraction of sp³-hybridized carbons (Fsp3) is 0.480. The third-order valence-corrected chi connectivity index (χ3v) is 7.41. The van der Waals surface area contributed by atoms with Gasteiger partial charge in [0.2, 0.25) is 5.91 Å². The maximum absolute atomic E-state index is 13.9. The van der Waals surface area contributed by atoms with Gasteiger partial charge in [-0.3, -0.25) is 14.4 Å². The van der Waals surface area contributed by atoms with Gasteiger partial charge in [-0.2, -0.15) is 0 Å². The van der Waals surface area contributed by atoms with E-state index in [0.29, 0.717) is 31.7 Å². The fourth-order valence-corrected chi connectivity index (χ4v) is 5.67. The lowest BCUT2D eigenvalue weighted by Crippen LogP contribution is -2.56. The van der Waals surface area contributed by atoms with Crippen molar-refractivity contribution in [2.45, 2.75) is 51.7 Å². The van der Waals surface area contributed by atoms with Gasteiger partial charge in [-0.25, -0.2) is 0 Å². The number of nitrogens with zero attached hydrogens (tertiary/aromatic N) is 3. The molecule has 4 heterocycles. The molecular weight excluding hydrogens is 390 g/mol. The standard InChI is InChI=1S/C25H29N3O3/c1-3-16(2)23(28-15-18-7-4-5-8-20(18)24(28)30)25(31)26-12-17-11-19(14-26)21-9-6-10-22(29)27(21)13-17/h4-10,16-17,19,23H,3,11-15H2,1-2H3/t16-,17-,19+,23+/m0/s1. The Labute approximate surface area is 182 Å². The lowest BCUT2D eigenvalue weighted by molar-refractivity contribution is -0.141. The number of benzene rings is 1. The van der Waals surface area contributed by atoms with Crippen LogP contribution in [0, 0.1) is 11.8 Å². The highest BCUT2D eigenvalue weighted by Gasteiger charge is 2.43. The predicted molar refractivity (Wildman–Crippen MR) is 118 cm³/mol. The van der Waals surface area contributed by atoms with E-state index in [1.54, 1.807) is 11.0 Å². The first-order valence-electron chi connectivity index (χ1n) is 11.3. The molecule has 6 heteroatoms. The molecule has 31 heavy (non-hydrogen) atoms. The lowest BCUT2D eigenvalue weighted by atomic mass is 9.82. The van der Waals surface area contributed by atoms with E-state index in [2.05, 4.69) is 13.8 Å². The largest absolute Gasteiger partial charge is 0.340 e. The van der Waals surface area contributed by atoms with Crippen LogP contribution in [-0.2, 0) is 17.9 Å². The van der Waals surface area contributed by atoms with Crippen LogP contribution < -0.4 is 5.56 Å². The number of pyridine rings is 1. The Morgan fingerprint density at radius 3 is 2.65 bits per heavy atom. The molecule has 2 bridgehead atoms. The van der Waals surface area contributed by atoms with Crippen molar-refractivity contribution in [1.29, 1.82) is 0 Å². The number of hydrogen-bond donors (Lipinski definition) is 0. The Hall–Kier alpha value is -2.89. The highest BCUT2D eigenvalue weighted by atomic mass is 16.2. The average molecular weight is 420 g/mol. The van der Waals surface area contributed by atoms with Gasteiger partial charge in [0.15, 0.2) is 0 Å². The zero-order chi connectivity index (χ0) is 21.7. The number of likely N-dealkylation sites (tertiary alicyclic amines) is 1. The predicted octanol–water partition coefficient (Wildman–Crippen LogP) is 2.86. The van der Waals surface area contributed by atoms with Crippen molar-refractivity contribution in [2.24, 2.45) is 11.8 Å². The minimum Gasteiger partial charge on any atom is -0.340 e. The zero-order valence-corrected chi connectivity index (χ0v) is 18.2. The highest BCUT2D eigenvalue weighted by molar-refractivity contribution is 6.01. The first-order valence-corrected chi connectivity index (χ1v) is 11.3. The Balaban J connectivity index is 1.43. The number of rotatable bonds is 4. The maximum atomic E-state index is 13.9. The molecule has 0 saturated carbocycles. The van der Waals surface area contributed by atoms with E-state index in [4.69, 9.17) is 0 Å². The van der Waals surface area contributed by atoms with Crippen LogP contribution in [0.25, 0.3) is 0 Å². The number of carbonyl (C=O) groups excluding carboxylic acids is 2. The Morgan fingerprint density at radius 1 is 1.06 bits per heavy atom. The second-order valence-electron chi connectivity index (χ2n) is 9.36. The van der Waals surface area contributed by atoms with Gasteiger partial charge in [-0.05, 0) is 36.0 Å². The van der Waals surface area contributed by atoms with E-state index in [0.717, 1.165) is 24.1 Å². The second-order valence-corrected chi connectivity index (χ2v) is 9.36. The monoisotopic (exact) mass is 419 g/mol. The number of fused-ring (bicyclic) bond motifs is 5. The summed E-state index contributed by atoms with van der Waals surface area (Å²) in [5.41, 5.74) is 2.79. The van der Waals surface area contributed by atoms with Gasteiger partial charge < -0.3 is 14.4 Å². The van der Waals surface area contributed by atoms with Crippen LogP contribution in [0.5, 0.6) is 0 Å². The van der Waals surface area contributed by atoms with Gasteiger partial charge in [0.25, 0.3) is 11.5 Å². The number of piperidine rings is 1. The summed E-state index contributed by atoms with van der Waals surface area (Å²) in [5, 5.41) is 0. The van der Waals surface area contributed by atoms with Crippen molar-refractivity contribution in [3.05, 3.63) is 69.6 Å². The summed E-state index contributed by atoms with van der Waals surface area (Å²) in [6, 6.07) is 12.7. The number of amides is 2. The van der Waals surface area contributed by atoms with Crippen molar-refractivity contribution in [3.8, 4) is 0 Å². The van der Waals surface area contributed by atoms with Gasteiger partial charge in [-0.1, -0.05) is 44.5 Å². The maximum Gasteiger partial charge on any atom is 0.255 e. The first kappa shape index (κ1) is 20.0. The van der Waals surface area contributed by atoms with Crippen molar-refractivity contribution in [3.63, 3.8) is 0 Å². The highest BCUT2D eigenvalue weighted by Crippen LogP contribution is 2.36. The molecule has 3 aliphatic heterocycles. The van der Waals surface area contributed by atoms with Crippen LogP contribution in [0.15, 0.2) is 47.3 Å². The van der Waals surface area contributed by atoms with Crippen LogP contribution in [0.4, 0.5) is 0 Å². The molecule has 162 valence electrons. The van der Waals surface area contributed by atoms with E-state index >= 15 is 0 Å². The molecule has 0 aliphatic carbocycles. The van der Waals surface area contributed by atoms with Gasteiger partial charge >= 0.3 is 0 Å². The summed E-state index contributed by atoms with van der Waals surface area (Å²) in [5.74, 6) is 0.538. The van der Waals surface area contributed by atoms with Crippen molar-refractivity contribution in [2.75, 3.05) is 13.1 Å². The molecule has 0 unspecified atom stereocenters. The number of aromatic nitrogens is 1. The summed E-state index contributed by atoms with van der Waals surface area (Å²) >= 11 is 0. The van der Waals surface area contributed by atoms with Crippen LogP contribution in [0.3, 0.4) is 0 Å². The Morgan fingerprint density at radius 2 is 1.87 bits per heavy atom. The van der Waals surface area contributed by atoms with E-state index in [9.17, 15) is 14.4 Å². The smallest absolute Gasteiger partial charge is 0.255 e. The van der Waals surface area contributed by atoms with E-state index < -0.39 is 6.04 Å². The molecule has 1 saturated heterocycles. The van der Waals surface area contributed by atoms with Crippen molar-refractivity contribution < 1.29 is 9.59 Å². The Kier molecular flexibility index (Phi) is 4.95. The summed E-state index contributed by atoms with van der Waals surface area (Å²) in [6.45, 7) is 6.56. The van der Waals surface area contributed by atoms with Gasteiger partial charge in [0.1, 0.15) is 6.04 Å². The van der Waals surface area contributed by atoms with Gasteiger partial charge in [-0.15, -0.1) is 0 Å². The van der Waals surface area contributed by atoms with Crippen LogP contribution >= 0.6 is 0 Å². The van der Waals surface area contributed by atoms with Gasteiger partial charge in [0.05, 0.1) is 0 Å². The zero-order valence-electron chi connectivity index (χ0n) is 18.2. The lowest BCUT2D eigenvalue weighted by Gasteiger charge is -2.45. The Bertz CT molecular complexity index is 1090. The van der Waals surface area contributed by atoms with E-state index in [1.165, 1.54) is 0 Å². The summed E-state index contributed by atoms with van der Waals surface area (Å²) in [6.07, 6.45) is 1.84. The first-order chi connectivity index (χ1) is 15.0. The SMILES string of the molecule is CC[C@H](C)[C@H](C(=O)N1C[C@@H]2C[C@H](C1)c1cccc(=O)n1C2)N1Cc2ccccc2C1=O. The molecule has 2 amide bonds. The number of hydrogen-bond acceptors (Lipinski definition) is 3. The van der Waals surface area contributed by atoms with Crippen molar-refractivity contribution in [1.82, 2.24) is 14.4 Å². The molecular formula is C25H29N3O3. The minimum absolute atomic E-state index is 0.0386. The molecule has 4 atom stereocenters. The molecule has 6 nitrogen and oxygen atoms in total. The molecule has 3 aliphatic rings. The van der Waals surface area contributed by atoms with Crippen LogP contribution in [0.2, 0.25) is 0 Å². The molecule has 0 spiro atoms. The average Bonchev–Trinajstić information content (AvgIpc) is 3.10. The normalized spacial score (nSPS) is 23.9. The van der Waals surface area contributed by atoms with Crippen molar-refractivity contribution >= 4 is 11.8 Å². The quantitative estimate of drug-likeness (QED) is 0.766. The molecule has 0 radical (unpaired) electrons. The number of carbonyl (C=O) groups is 2. The molecule has 1 fully saturated rings. The molecule has 1 aromatic heterocycles. The third kappa shape index (κ3) is 3.29. The third-order valence-electron chi connectivity index (χ3n) is 7.41. The van der Waals surface area contributed by atoms with Crippen LogP contribution in [0.1, 0.15) is 54.2 Å². The van der Waals surface area contributed by atoms with E-state index in [-0.39, 0.29) is 35.1 Å². The van der Waals surface area contributed by atoms with Crippen LogP contribution in [-0.4, -0.2) is 45.3 Å². The summed E-state index contributed by atoms with van der Waals surface area (Å²) in [7, 11) is 0. The topological polar surface area (TPSA) is 62.6 Å². The molecule has 5 rings (SSSR count). The fourth-order valence-electron chi connectivity index (χ4n) is 5.67. The molecule has 0 N–H and O–H groups in total.